The van der Waals surface area contributed by atoms with Crippen molar-refractivity contribution in [1.29, 1.82) is 0 Å². The number of benzene rings is 1. The molecule has 1 N–H and O–H groups in total. The van der Waals surface area contributed by atoms with Gasteiger partial charge in [-0.3, -0.25) is 10.1 Å². The number of hydrogen-bond donors (Lipinski definition) is 1. The van der Waals surface area contributed by atoms with E-state index in [1.807, 2.05) is 20.0 Å². The Morgan fingerprint density at radius 1 is 1.41 bits per heavy atom. The summed E-state index contributed by atoms with van der Waals surface area (Å²) in [7, 11) is 1.99. The van der Waals surface area contributed by atoms with Crippen molar-refractivity contribution in [2.75, 3.05) is 25.5 Å². The summed E-state index contributed by atoms with van der Waals surface area (Å²) in [6, 6.07) is 5.20. The maximum absolute atomic E-state index is 11.0. The minimum atomic E-state index is -0.340. The predicted octanol–water partition coefficient (Wildman–Crippen LogP) is 2.48. The van der Waals surface area contributed by atoms with Crippen LogP contribution < -0.4 is 5.32 Å². The lowest BCUT2D eigenvalue weighted by Crippen LogP contribution is -2.18. The van der Waals surface area contributed by atoms with Crippen LogP contribution in [0, 0.1) is 10.1 Å². The van der Waals surface area contributed by atoms with Gasteiger partial charge in [0, 0.05) is 19.2 Å². The van der Waals surface area contributed by atoms with E-state index in [2.05, 4.69) is 17.1 Å². The maximum atomic E-state index is 11.0. The Kier molecular flexibility index (Phi) is 4.90. The van der Waals surface area contributed by atoms with E-state index in [0.29, 0.717) is 18.8 Å². The van der Waals surface area contributed by atoms with Crippen LogP contribution in [-0.4, -0.2) is 30.0 Å². The fraction of sp³-hybridized carbons (Fsp3) is 0.500. The summed E-state index contributed by atoms with van der Waals surface area (Å²) in [6.45, 7) is 6.29. The van der Waals surface area contributed by atoms with Gasteiger partial charge in [0.1, 0.15) is 5.69 Å². The average Bonchev–Trinajstić information content (AvgIpc) is 2.31. The molecule has 0 amide bonds. The molecule has 1 aromatic carbocycles. The van der Waals surface area contributed by atoms with Gasteiger partial charge < -0.3 is 10.2 Å². The van der Waals surface area contributed by atoms with E-state index in [1.54, 1.807) is 6.07 Å². The zero-order valence-electron chi connectivity index (χ0n) is 10.6. The Bertz CT molecular complexity index is 393. The molecule has 5 nitrogen and oxygen atoms in total. The number of nitrogens with one attached hydrogen (secondary N) is 1. The second kappa shape index (κ2) is 6.20. The zero-order valence-corrected chi connectivity index (χ0v) is 10.6. The van der Waals surface area contributed by atoms with Crippen molar-refractivity contribution in [3.05, 3.63) is 33.9 Å². The highest BCUT2D eigenvalue weighted by molar-refractivity contribution is 5.66. The molecule has 5 heteroatoms. The Labute approximate surface area is 102 Å². The fourth-order valence-corrected chi connectivity index (χ4v) is 1.65. The number of nitro groups is 1. The first-order chi connectivity index (χ1) is 8.10. The zero-order chi connectivity index (χ0) is 12.8. The second-order valence-corrected chi connectivity index (χ2v) is 3.93. The Morgan fingerprint density at radius 2 is 2.12 bits per heavy atom. The maximum Gasteiger partial charge on any atom is 0.292 e. The van der Waals surface area contributed by atoms with E-state index in [0.717, 1.165) is 12.1 Å². The SMILES string of the molecule is CCNc1c(CN(C)CC)cccc1[N+](=O)[O-]. The van der Waals surface area contributed by atoms with Gasteiger partial charge >= 0.3 is 0 Å². The van der Waals surface area contributed by atoms with Gasteiger partial charge in [-0.2, -0.15) is 0 Å². The van der Waals surface area contributed by atoms with E-state index in [9.17, 15) is 10.1 Å². The molecule has 1 aromatic rings. The summed E-state index contributed by atoms with van der Waals surface area (Å²) >= 11 is 0. The molecular formula is C12H19N3O2. The molecule has 0 aliphatic heterocycles. The molecule has 0 radical (unpaired) electrons. The van der Waals surface area contributed by atoms with Crippen LogP contribution in [0.4, 0.5) is 11.4 Å². The highest BCUT2D eigenvalue weighted by Crippen LogP contribution is 2.28. The molecule has 0 fully saturated rings. The Hall–Kier alpha value is -1.62. The summed E-state index contributed by atoms with van der Waals surface area (Å²) in [6.07, 6.45) is 0. The summed E-state index contributed by atoms with van der Waals surface area (Å²) in [4.78, 5) is 12.7. The van der Waals surface area contributed by atoms with Crippen LogP contribution in [0.1, 0.15) is 19.4 Å². The van der Waals surface area contributed by atoms with Crippen molar-refractivity contribution < 1.29 is 4.92 Å². The Morgan fingerprint density at radius 3 is 2.65 bits per heavy atom. The van der Waals surface area contributed by atoms with Gasteiger partial charge in [-0.1, -0.05) is 19.1 Å². The van der Waals surface area contributed by atoms with E-state index in [1.165, 1.54) is 6.07 Å². The van der Waals surface area contributed by atoms with Gasteiger partial charge in [-0.05, 0) is 26.1 Å². The minimum absolute atomic E-state index is 0.147. The fourth-order valence-electron chi connectivity index (χ4n) is 1.65. The summed E-state index contributed by atoms with van der Waals surface area (Å²) in [5.41, 5.74) is 1.75. The number of nitro benzene ring substituents is 1. The molecule has 0 unspecified atom stereocenters. The molecule has 0 saturated heterocycles. The lowest BCUT2D eigenvalue weighted by Gasteiger charge is -2.17. The second-order valence-electron chi connectivity index (χ2n) is 3.93. The summed E-state index contributed by atoms with van der Waals surface area (Å²) in [5.74, 6) is 0. The van der Waals surface area contributed by atoms with Crippen LogP contribution in [0.15, 0.2) is 18.2 Å². The third kappa shape index (κ3) is 3.42. The third-order valence-electron chi connectivity index (χ3n) is 2.66. The highest BCUT2D eigenvalue weighted by Gasteiger charge is 2.16. The predicted molar refractivity (Wildman–Crippen MR) is 69.3 cm³/mol. The third-order valence-corrected chi connectivity index (χ3v) is 2.66. The van der Waals surface area contributed by atoms with Crippen molar-refractivity contribution in [2.24, 2.45) is 0 Å². The molecule has 0 bridgehead atoms. The van der Waals surface area contributed by atoms with Crippen molar-refractivity contribution in [3.8, 4) is 0 Å². The quantitative estimate of drug-likeness (QED) is 0.610. The molecule has 0 heterocycles. The number of para-hydroxylation sites is 1. The largest absolute Gasteiger partial charge is 0.380 e. The van der Waals surface area contributed by atoms with Crippen LogP contribution >= 0.6 is 0 Å². The van der Waals surface area contributed by atoms with Gasteiger partial charge in [0.05, 0.1) is 4.92 Å². The van der Waals surface area contributed by atoms with E-state index in [-0.39, 0.29) is 10.6 Å². The molecule has 0 aliphatic rings. The number of anilines is 1. The van der Waals surface area contributed by atoms with Crippen LogP contribution in [0.25, 0.3) is 0 Å². The van der Waals surface area contributed by atoms with E-state index in [4.69, 9.17) is 0 Å². The van der Waals surface area contributed by atoms with Gasteiger partial charge in [0.25, 0.3) is 5.69 Å². The highest BCUT2D eigenvalue weighted by atomic mass is 16.6. The lowest BCUT2D eigenvalue weighted by molar-refractivity contribution is -0.384. The van der Waals surface area contributed by atoms with Crippen molar-refractivity contribution in [2.45, 2.75) is 20.4 Å². The van der Waals surface area contributed by atoms with Gasteiger partial charge in [-0.25, -0.2) is 0 Å². The van der Waals surface area contributed by atoms with Gasteiger partial charge in [-0.15, -0.1) is 0 Å². The standard InChI is InChI=1S/C12H19N3O2/c1-4-13-12-10(9-14(3)5-2)7-6-8-11(12)15(16)17/h6-8,13H,4-5,9H2,1-3H3. The van der Waals surface area contributed by atoms with Crippen molar-refractivity contribution in [1.82, 2.24) is 4.90 Å². The van der Waals surface area contributed by atoms with Crippen LogP contribution in [0.3, 0.4) is 0 Å². The molecule has 0 aliphatic carbocycles. The molecule has 1 rings (SSSR count). The van der Waals surface area contributed by atoms with Crippen LogP contribution in [-0.2, 0) is 6.54 Å². The summed E-state index contributed by atoms with van der Waals surface area (Å²) < 4.78 is 0. The first kappa shape index (κ1) is 13.4. The first-order valence-electron chi connectivity index (χ1n) is 5.78. The topological polar surface area (TPSA) is 58.4 Å². The van der Waals surface area contributed by atoms with Crippen LogP contribution in [0.5, 0.6) is 0 Å². The number of nitrogens with zero attached hydrogens (tertiary/aromatic N) is 2. The first-order valence-corrected chi connectivity index (χ1v) is 5.78. The smallest absolute Gasteiger partial charge is 0.292 e. The molecule has 0 spiro atoms. The molecular weight excluding hydrogens is 218 g/mol. The van der Waals surface area contributed by atoms with Gasteiger partial charge in [0.2, 0.25) is 0 Å². The van der Waals surface area contributed by atoms with E-state index < -0.39 is 0 Å². The van der Waals surface area contributed by atoms with Gasteiger partial charge in [0.15, 0.2) is 0 Å². The number of rotatable bonds is 6. The molecule has 0 atom stereocenters. The van der Waals surface area contributed by atoms with Crippen LogP contribution in [0.2, 0.25) is 0 Å². The Balaban J connectivity index is 3.10. The van der Waals surface area contributed by atoms with Crippen molar-refractivity contribution in [3.63, 3.8) is 0 Å². The van der Waals surface area contributed by atoms with E-state index >= 15 is 0 Å². The molecule has 0 saturated carbocycles. The monoisotopic (exact) mass is 237 g/mol. The normalized spacial score (nSPS) is 10.6. The lowest BCUT2D eigenvalue weighted by atomic mass is 10.1. The molecule has 0 aromatic heterocycles. The van der Waals surface area contributed by atoms with Crippen molar-refractivity contribution >= 4 is 11.4 Å². The molecule has 17 heavy (non-hydrogen) atoms. The summed E-state index contributed by atoms with van der Waals surface area (Å²) in [5, 5.41) is 14.0. The molecule has 94 valence electrons. The average molecular weight is 237 g/mol. The minimum Gasteiger partial charge on any atom is -0.380 e. The number of hydrogen-bond acceptors (Lipinski definition) is 4.